The second kappa shape index (κ2) is 10.2. The number of amides is 1. The number of primary amides is 1. The Labute approximate surface area is 222 Å². The monoisotopic (exact) mass is 544 g/mol. The van der Waals surface area contributed by atoms with E-state index in [9.17, 15) is 14.0 Å². The Bertz CT molecular complexity index is 1460. The molecule has 4 N–H and O–H groups in total. The third-order valence-corrected chi connectivity index (χ3v) is 7.16. The lowest BCUT2D eigenvalue weighted by molar-refractivity contribution is -0.119. The summed E-state index contributed by atoms with van der Waals surface area (Å²) in [5.41, 5.74) is 4.31. The van der Waals surface area contributed by atoms with E-state index in [0.717, 1.165) is 53.9 Å². The Kier molecular flexibility index (Phi) is 6.92. The molecule has 2 aromatic heterocycles. The average molecular weight is 545 g/mol. The molecule has 0 saturated carbocycles. The van der Waals surface area contributed by atoms with E-state index < -0.39 is 29.8 Å². The topological polar surface area (TPSA) is 158 Å². The summed E-state index contributed by atoms with van der Waals surface area (Å²) in [5.74, 6) is -2.47. The van der Waals surface area contributed by atoms with Crippen LogP contribution in [-0.2, 0) is 11.8 Å². The highest BCUT2D eigenvalue weighted by Gasteiger charge is 2.43. The summed E-state index contributed by atoms with van der Waals surface area (Å²) in [6, 6.07) is 2.62. The zero-order chi connectivity index (χ0) is 27.9. The highest BCUT2D eigenvalue weighted by Crippen LogP contribution is 2.38. The molecule has 208 valence electrons. The van der Waals surface area contributed by atoms with Gasteiger partial charge in [0.25, 0.3) is 5.91 Å². The van der Waals surface area contributed by atoms with Crippen LogP contribution in [-0.4, -0.2) is 71.3 Å². The number of nitrogens with zero attached hydrogens (tertiary/aromatic N) is 7. The molecule has 39 heavy (non-hydrogen) atoms. The molecule has 2 aliphatic heterocycles. The van der Waals surface area contributed by atoms with Gasteiger partial charge in [-0.25, -0.2) is 18.6 Å². The van der Waals surface area contributed by atoms with Crippen LogP contribution < -0.4 is 26.8 Å². The maximum Gasteiger partial charge on any atom is 0.368 e. The molecule has 1 amide bonds. The summed E-state index contributed by atoms with van der Waals surface area (Å²) in [5, 5.41) is 13.4. The van der Waals surface area contributed by atoms with Gasteiger partial charge in [-0.2, -0.15) is 14.3 Å². The summed E-state index contributed by atoms with van der Waals surface area (Å²) >= 11 is 0. The van der Waals surface area contributed by atoms with Crippen LogP contribution in [0.2, 0.25) is 0 Å². The van der Waals surface area contributed by atoms with Gasteiger partial charge in [0.2, 0.25) is 5.95 Å². The van der Waals surface area contributed by atoms with Crippen molar-refractivity contribution in [2.75, 3.05) is 23.8 Å². The number of tetrazole rings is 1. The van der Waals surface area contributed by atoms with Crippen LogP contribution in [0.3, 0.4) is 0 Å². The van der Waals surface area contributed by atoms with Gasteiger partial charge in [0.1, 0.15) is 11.4 Å². The highest BCUT2D eigenvalue weighted by molar-refractivity contribution is 5.75. The molecule has 2 atom stereocenters. The molecule has 15 heteroatoms. The number of halogens is 2. The lowest BCUT2D eigenvalue weighted by Crippen LogP contribution is -2.55. The summed E-state index contributed by atoms with van der Waals surface area (Å²) in [7, 11) is 1.39. The van der Waals surface area contributed by atoms with E-state index in [1.54, 1.807) is 0 Å². The molecule has 0 aliphatic carbocycles. The van der Waals surface area contributed by atoms with Crippen molar-refractivity contribution < 1.29 is 18.3 Å². The second-order valence-electron chi connectivity index (χ2n) is 10.4. The number of piperidine rings is 1. The number of aromatic nitrogens is 6. The summed E-state index contributed by atoms with van der Waals surface area (Å²) in [6.45, 7) is 4.91. The molecule has 0 spiro atoms. The lowest BCUT2D eigenvalue weighted by atomic mass is 9.84. The van der Waals surface area contributed by atoms with Crippen molar-refractivity contribution in [1.82, 2.24) is 34.7 Å². The number of carbonyl (C=O) groups excluding carboxylic acids is 1. The number of anilines is 3. The molecular formula is C24H30F2N10O3. The Hall–Kier alpha value is -4.14. The standard InChI is InChI=1S/C24H30F2N10O3/c1-24(2)10-13(7-14-5-4-6-35(14)24)29-21-16(26)11-28-22(31-21)30-17-9-18(36-23(38)34(3)32-33-36)19(8-15(17)25)39-12-20(27)37/h8-9,11,13-14H,4-7,10,12H2,1-3H3,(H2,27,37)(H2,28,29,30,31)/t13-,14+/m1/s1. The molecular weight excluding hydrogens is 514 g/mol. The number of carbonyl (C=O) groups is 1. The maximum atomic E-state index is 15.1. The Balaban J connectivity index is 1.42. The molecule has 0 unspecified atom stereocenters. The number of hydrogen-bond donors (Lipinski definition) is 3. The fourth-order valence-electron chi connectivity index (χ4n) is 5.50. The Morgan fingerprint density at radius 1 is 1.26 bits per heavy atom. The van der Waals surface area contributed by atoms with Gasteiger partial charge in [-0.3, -0.25) is 9.69 Å². The van der Waals surface area contributed by atoms with Crippen molar-refractivity contribution >= 4 is 23.4 Å². The largest absolute Gasteiger partial charge is 0.481 e. The van der Waals surface area contributed by atoms with E-state index in [-0.39, 0.29) is 40.5 Å². The summed E-state index contributed by atoms with van der Waals surface area (Å²) in [4.78, 5) is 34.4. The molecule has 2 fully saturated rings. The van der Waals surface area contributed by atoms with Crippen molar-refractivity contribution in [2.45, 2.75) is 57.2 Å². The van der Waals surface area contributed by atoms with Crippen molar-refractivity contribution in [3.8, 4) is 11.4 Å². The third-order valence-electron chi connectivity index (χ3n) is 7.16. The van der Waals surface area contributed by atoms with Crippen LogP contribution in [0.1, 0.15) is 39.5 Å². The van der Waals surface area contributed by atoms with Gasteiger partial charge in [-0.1, -0.05) is 0 Å². The first-order chi connectivity index (χ1) is 18.5. The first-order valence-electron chi connectivity index (χ1n) is 12.6. The number of fused-ring (bicyclic) bond motifs is 1. The molecule has 0 bridgehead atoms. The normalized spacial score (nSPS) is 20.4. The predicted molar refractivity (Wildman–Crippen MR) is 137 cm³/mol. The van der Waals surface area contributed by atoms with Crippen LogP contribution in [0.25, 0.3) is 5.69 Å². The SMILES string of the molecule is Cn1nnn(-c2cc(Nc3ncc(F)c(N[C@@H]4C[C@@H]5CCCN5C(C)(C)C4)n3)c(F)cc2OCC(N)=O)c1=O. The summed E-state index contributed by atoms with van der Waals surface area (Å²) in [6.07, 6.45) is 4.94. The van der Waals surface area contributed by atoms with Crippen LogP contribution in [0.4, 0.5) is 26.2 Å². The van der Waals surface area contributed by atoms with Crippen LogP contribution in [0, 0.1) is 11.6 Å². The van der Waals surface area contributed by atoms with Crippen molar-refractivity contribution in [2.24, 2.45) is 12.8 Å². The molecule has 13 nitrogen and oxygen atoms in total. The Morgan fingerprint density at radius 3 is 2.77 bits per heavy atom. The Morgan fingerprint density at radius 2 is 2.05 bits per heavy atom. The minimum Gasteiger partial charge on any atom is -0.481 e. The van der Waals surface area contributed by atoms with E-state index in [0.29, 0.717) is 6.04 Å². The molecule has 5 rings (SSSR count). The number of nitrogens with one attached hydrogen (secondary N) is 2. The van der Waals surface area contributed by atoms with Crippen molar-refractivity contribution in [3.63, 3.8) is 0 Å². The fraction of sp³-hybridized carbons (Fsp3) is 0.500. The number of benzene rings is 1. The van der Waals surface area contributed by atoms with Crippen LogP contribution in [0.15, 0.2) is 23.1 Å². The van der Waals surface area contributed by atoms with Gasteiger partial charge in [-0.15, -0.1) is 0 Å². The molecule has 1 aromatic carbocycles. The van der Waals surface area contributed by atoms with Gasteiger partial charge in [-0.05, 0) is 62.6 Å². The first kappa shape index (κ1) is 26.5. The first-order valence-corrected chi connectivity index (χ1v) is 12.6. The number of nitrogens with two attached hydrogens (primary N) is 1. The zero-order valence-electron chi connectivity index (χ0n) is 21.8. The van der Waals surface area contributed by atoms with E-state index in [1.807, 2.05) is 0 Å². The number of rotatable bonds is 8. The van der Waals surface area contributed by atoms with E-state index in [4.69, 9.17) is 10.5 Å². The van der Waals surface area contributed by atoms with Gasteiger partial charge in [0, 0.05) is 30.7 Å². The predicted octanol–water partition coefficient (Wildman–Crippen LogP) is 1.46. The number of aryl methyl sites for hydroxylation is 1. The molecule has 0 radical (unpaired) electrons. The molecule has 2 saturated heterocycles. The van der Waals surface area contributed by atoms with Crippen molar-refractivity contribution in [1.29, 1.82) is 0 Å². The van der Waals surface area contributed by atoms with Gasteiger partial charge >= 0.3 is 5.69 Å². The minimum absolute atomic E-state index is 0.00477. The average Bonchev–Trinajstić information content (AvgIpc) is 3.48. The molecule has 3 aromatic rings. The van der Waals surface area contributed by atoms with Crippen LogP contribution in [0.5, 0.6) is 5.75 Å². The number of ether oxygens (including phenoxy) is 1. The summed E-state index contributed by atoms with van der Waals surface area (Å²) < 4.78 is 36.9. The minimum atomic E-state index is -0.812. The number of hydrogen-bond acceptors (Lipinski definition) is 10. The fourth-order valence-corrected chi connectivity index (χ4v) is 5.50. The quantitative estimate of drug-likeness (QED) is 0.379. The maximum absolute atomic E-state index is 15.1. The second-order valence-corrected chi connectivity index (χ2v) is 10.4. The molecule has 2 aliphatic rings. The van der Waals surface area contributed by atoms with E-state index >= 15 is 4.39 Å². The van der Waals surface area contributed by atoms with Gasteiger partial charge in [0.15, 0.2) is 24.1 Å². The van der Waals surface area contributed by atoms with Crippen molar-refractivity contribution in [3.05, 3.63) is 40.4 Å². The van der Waals surface area contributed by atoms with E-state index in [1.165, 1.54) is 13.1 Å². The van der Waals surface area contributed by atoms with Gasteiger partial charge in [0.05, 0.1) is 11.9 Å². The smallest absolute Gasteiger partial charge is 0.368 e. The zero-order valence-corrected chi connectivity index (χ0v) is 21.8. The van der Waals surface area contributed by atoms with Gasteiger partial charge < -0.3 is 21.1 Å². The lowest BCUT2D eigenvalue weighted by Gasteiger charge is -2.47. The molecule has 4 heterocycles. The van der Waals surface area contributed by atoms with E-state index in [2.05, 4.69) is 49.8 Å². The third kappa shape index (κ3) is 5.39. The van der Waals surface area contributed by atoms with Crippen LogP contribution >= 0.6 is 0 Å². The highest BCUT2D eigenvalue weighted by atomic mass is 19.1.